The maximum atomic E-state index is 11.9. The monoisotopic (exact) mass is 303 g/mol. The second kappa shape index (κ2) is 6.52. The van der Waals surface area contributed by atoms with Crippen LogP contribution < -0.4 is 10.9 Å². The zero-order valence-electron chi connectivity index (χ0n) is 12.0. The lowest BCUT2D eigenvalue weighted by molar-refractivity contribution is -0.122. The number of nitrogens with one attached hydrogen (secondary N) is 1. The predicted molar refractivity (Wildman–Crippen MR) is 77.6 cm³/mol. The fourth-order valence-corrected chi connectivity index (χ4v) is 2.30. The number of amides is 1. The predicted octanol–water partition coefficient (Wildman–Crippen LogP) is -0.276. The molecular formula is C14H17N5O3. The minimum absolute atomic E-state index is 0.0732. The van der Waals surface area contributed by atoms with Crippen LogP contribution >= 0.6 is 0 Å². The van der Waals surface area contributed by atoms with Crippen LogP contribution in [0.2, 0.25) is 0 Å². The van der Waals surface area contributed by atoms with Gasteiger partial charge in [-0.2, -0.15) is 5.10 Å². The van der Waals surface area contributed by atoms with Crippen molar-refractivity contribution in [3.05, 3.63) is 40.9 Å². The zero-order valence-corrected chi connectivity index (χ0v) is 12.0. The van der Waals surface area contributed by atoms with Crippen molar-refractivity contribution in [3.63, 3.8) is 0 Å². The fourth-order valence-electron chi connectivity index (χ4n) is 2.30. The Morgan fingerprint density at radius 3 is 3.09 bits per heavy atom. The van der Waals surface area contributed by atoms with Crippen LogP contribution in [0, 0.1) is 0 Å². The standard InChI is InChI=1S/C14H17N5O3/c20-13(15-9-11-3-1-8-22-11)10-19-14(21)5-4-12(17-19)18-7-2-6-16-18/h2,4-7,11H,1,3,8-10H2,(H,15,20). The molecule has 1 N–H and O–H groups in total. The molecule has 0 aliphatic carbocycles. The summed E-state index contributed by atoms with van der Waals surface area (Å²) in [7, 11) is 0. The van der Waals surface area contributed by atoms with Gasteiger partial charge in [0.1, 0.15) is 6.54 Å². The van der Waals surface area contributed by atoms with E-state index in [9.17, 15) is 9.59 Å². The van der Waals surface area contributed by atoms with Gasteiger partial charge in [0, 0.05) is 31.6 Å². The Morgan fingerprint density at radius 1 is 1.45 bits per heavy atom. The van der Waals surface area contributed by atoms with Crippen LogP contribution in [-0.4, -0.2) is 44.7 Å². The molecule has 1 amide bonds. The molecule has 1 fully saturated rings. The molecular weight excluding hydrogens is 286 g/mol. The quantitative estimate of drug-likeness (QED) is 0.820. The molecule has 0 saturated carbocycles. The van der Waals surface area contributed by atoms with Gasteiger partial charge < -0.3 is 10.1 Å². The third kappa shape index (κ3) is 3.40. The van der Waals surface area contributed by atoms with Gasteiger partial charge in [0.05, 0.1) is 6.10 Å². The summed E-state index contributed by atoms with van der Waals surface area (Å²) in [5, 5.41) is 11.0. The van der Waals surface area contributed by atoms with Crippen LogP contribution in [-0.2, 0) is 16.1 Å². The summed E-state index contributed by atoms with van der Waals surface area (Å²) in [6.45, 7) is 1.08. The molecule has 1 atom stereocenters. The van der Waals surface area contributed by atoms with Crippen molar-refractivity contribution >= 4 is 5.91 Å². The van der Waals surface area contributed by atoms with Crippen molar-refractivity contribution in [2.75, 3.05) is 13.2 Å². The Kier molecular flexibility index (Phi) is 4.29. The van der Waals surface area contributed by atoms with Gasteiger partial charge in [0.2, 0.25) is 5.91 Å². The average molecular weight is 303 g/mol. The van der Waals surface area contributed by atoms with Crippen LogP contribution in [0.25, 0.3) is 5.82 Å². The summed E-state index contributed by atoms with van der Waals surface area (Å²) in [5.41, 5.74) is -0.330. The third-order valence-corrected chi connectivity index (χ3v) is 3.44. The highest BCUT2D eigenvalue weighted by molar-refractivity contribution is 5.75. The first-order valence-electron chi connectivity index (χ1n) is 7.19. The molecule has 8 heteroatoms. The second-order valence-corrected chi connectivity index (χ2v) is 5.08. The molecule has 0 spiro atoms. The van der Waals surface area contributed by atoms with Crippen LogP contribution in [0.1, 0.15) is 12.8 Å². The van der Waals surface area contributed by atoms with E-state index < -0.39 is 0 Å². The first-order chi connectivity index (χ1) is 10.7. The van der Waals surface area contributed by atoms with Crippen LogP contribution in [0.5, 0.6) is 0 Å². The van der Waals surface area contributed by atoms with Crippen LogP contribution in [0.4, 0.5) is 0 Å². The normalized spacial score (nSPS) is 17.5. The molecule has 1 aliphatic rings. The maximum absolute atomic E-state index is 11.9. The molecule has 2 aromatic rings. The first-order valence-corrected chi connectivity index (χ1v) is 7.19. The highest BCUT2D eigenvalue weighted by atomic mass is 16.5. The Hall–Kier alpha value is -2.48. The highest BCUT2D eigenvalue weighted by Gasteiger charge is 2.16. The minimum atomic E-state index is -0.330. The molecule has 3 rings (SSSR count). The Labute approximate surface area is 126 Å². The molecule has 116 valence electrons. The molecule has 3 heterocycles. The van der Waals surface area contributed by atoms with Gasteiger partial charge in [0.15, 0.2) is 5.82 Å². The lowest BCUT2D eigenvalue weighted by atomic mass is 10.2. The van der Waals surface area contributed by atoms with Crippen molar-refractivity contribution in [1.29, 1.82) is 0 Å². The summed E-state index contributed by atoms with van der Waals surface area (Å²) in [4.78, 5) is 23.7. The molecule has 1 saturated heterocycles. The van der Waals surface area contributed by atoms with E-state index in [1.807, 2.05) is 0 Å². The van der Waals surface area contributed by atoms with Crippen LogP contribution in [0.15, 0.2) is 35.4 Å². The number of aromatic nitrogens is 4. The van der Waals surface area contributed by atoms with Crippen molar-refractivity contribution in [2.45, 2.75) is 25.5 Å². The number of ether oxygens (including phenoxy) is 1. The number of hydrogen-bond acceptors (Lipinski definition) is 5. The molecule has 2 aromatic heterocycles. The van der Waals surface area contributed by atoms with Crippen molar-refractivity contribution < 1.29 is 9.53 Å². The van der Waals surface area contributed by atoms with E-state index in [1.165, 1.54) is 10.7 Å². The summed E-state index contributed by atoms with van der Waals surface area (Å²) < 4.78 is 8.09. The number of carbonyl (C=O) groups excluding carboxylic acids is 1. The summed E-state index contributed by atoms with van der Waals surface area (Å²) in [6, 6.07) is 4.69. The first kappa shape index (κ1) is 14.5. The van der Waals surface area contributed by atoms with E-state index in [0.717, 1.165) is 24.1 Å². The van der Waals surface area contributed by atoms with Gasteiger partial charge in [-0.05, 0) is 25.0 Å². The van der Waals surface area contributed by atoms with E-state index >= 15 is 0 Å². The van der Waals surface area contributed by atoms with Crippen molar-refractivity contribution in [2.24, 2.45) is 0 Å². The molecule has 0 aromatic carbocycles. The lowest BCUT2D eigenvalue weighted by Crippen LogP contribution is -2.37. The second-order valence-electron chi connectivity index (χ2n) is 5.08. The number of nitrogens with zero attached hydrogens (tertiary/aromatic N) is 4. The number of rotatable bonds is 5. The zero-order chi connectivity index (χ0) is 15.4. The van der Waals surface area contributed by atoms with Gasteiger partial charge in [-0.25, -0.2) is 9.36 Å². The molecule has 0 radical (unpaired) electrons. The summed E-state index contributed by atoms with van der Waals surface area (Å²) in [5.74, 6) is 0.222. The van der Waals surface area contributed by atoms with Gasteiger partial charge in [-0.3, -0.25) is 9.59 Å². The number of hydrogen-bond donors (Lipinski definition) is 1. The van der Waals surface area contributed by atoms with E-state index in [4.69, 9.17) is 4.74 Å². The van der Waals surface area contributed by atoms with Gasteiger partial charge in [-0.15, -0.1) is 5.10 Å². The van der Waals surface area contributed by atoms with Crippen LogP contribution in [0.3, 0.4) is 0 Å². The minimum Gasteiger partial charge on any atom is -0.376 e. The number of carbonyl (C=O) groups is 1. The molecule has 22 heavy (non-hydrogen) atoms. The summed E-state index contributed by atoms with van der Waals surface area (Å²) in [6.07, 6.45) is 5.38. The molecule has 8 nitrogen and oxygen atoms in total. The van der Waals surface area contributed by atoms with E-state index in [1.54, 1.807) is 24.5 Å². The van der Waals surface area contributed by atoms with Crippen molar-refractivity contribution in [1.82, 2.24) is 24.9 Å². The molecule has 1 aliphatic heterocycles. The lowest BCUT2D eigenvalue weighted by Gasteiger charge is -2.11. The van der Waals surface area contributed by atoms with E-state index in [0.29, 0.717) is 12.4 Å². The highest BCUT2D eigenvalue weighted by Crippen LogP contribution is 2.10. The van der Waals surface area contributed by atoms with E-state index in [-0.39, 0.29) is 24.1 Å². The average Bonchev–Trinajstić information content (AvgIpc) is 3.21. The third-order valence-electron chi connectivity index (χ3n) is 3.44. The Balaban J connectivity index is 1.64. The van der Waals surface area contributed by atoms with Crippen molar-refractivity contribution in [3.8, 4) is 5.82 Å². The Morgan fingerprint density at radius 2 is 2.36 bits per heavy atom. The SMILES string of the molecule is O=C(Cn1nc(-n2cccn2)ccc1=O)NCC1CCCO1. The fraction of sp³-hybridized carbons (Fsp3) is 0.429. The summed E-state index contributed by atoms with van der Waals surface area (Å²) >= 11 is 0. The Bertz CT molecular complexity index is 689. The van der Waals surface area contributed by atoms with Gasteiger partial charge in [0.25, 0.3) is 5.56 Å². The van der Waals surface area contributed by atoms with Gasteiger partial charge in [-0.1, -0.05) is 0 Å². The largest absolute Gasteiger partial charge is 0.376 e. The van der Waals surface area contributed by atoms with Gasteiger partial charge >= 0.3 is 0 Å². The molecule has 1 unspecified atom stereocenters. The maximum Gasteiger partial charge on any atom is 0.267 e. The van der Waals surface area contributed by atoms with E-state index in [2.05, 4.69) is 15.5 Å². The topological polar surface area (TPSA) is 91.0 Å². The smallest absolute Gasteiger partial charge is 0.267 e. The molecule has 0 bridgehead atoms.